The molecule has 1 aliphatic heterocycles. The lowest BCUT2D eigenvalue weighted by molar-refractivity contribution is 0.102. The molecule has 1 saturated heterocycles. The summed E-state index contributed by atoms with van der Waals surface area (Å²) in [6.07, 6.45) is 5.43. The number of nitrogens with zero attached hydrogens (tertiary/aromatic N) is 4. The molecule has 0 spiro atoms. The van der Waals surface area contributed by atoms with Gasteiger partial charge in [0.05, 0.1) is 11.9 Å². The number of hydrogen-bond donors (Lipinski definition) is 1. The first-order valence-electron chi connectivity index (χ1n) is 12.0. The molecule has 2 aromatic carbocycles. The molecule has 0 aliphatic carbocycles. The lowest BCUT2D eigenvalue weighted by Gasteiger charge is -2.35. The average Bonchev–Trinajstić information content (AvgIpc) is 2.91. The first-order chi connectivity index (χ1) is 17.2. The first-order valence-corrected chi connectivity index (χ1v) is 12.0. The Morgan fingerprint density at radius 2 is 1.66 bits per heavy atom. The van der Waals surface area contributed by atoms with Crippen molar-refractivity contribution in [3.63, 3.8) is 0 Å². The number of piperazine rings is 1. The van der Waals surface area contributed by atoms with E-state index in [2.05, 4.69) is 55.4 Å². The van der Waals surface area contributed by atoms with Crippen LogP contribution in [0.2, 0.25) is 0 Å². The molecule has 1 N–H and O–H groups in total. The van der Waals surface area contributed by atoms with Gasteiger partial charge in [-0.15, -0.1) is 0 Å². The maximum atomic E-state index is 13.0. The quantitative estimate of drug-likeness (QED) is 0.435. The highest BCUT2D eigenvalue weighted by atomic mass is 16.1. The maximum Gasteiger partial charge on any atom is 0.255 e. The Bertz CT molecular complexity index is 1270. The molecule has 2 aromatic heterocycles. The number of pyridine rings is 2. The van der Waals surface area contributed by atoms with E-state index in [1.54, 1.807) is 6.20 Å². The largest absolute Gasteiger partial charge is 0.354 e. The van der Waals surface area contributed by atoms with Gasteiger partial charge in [-0.3, -0.25) is 14.7 Å². The number of aromatic nitrogens is 2. The number of anilines is 2. The zero-order valence-corrected chi connectivity index (χ0v) is 19.9. The van der Waals surface area contributed by atoms with Gasteiger partial charge in [-0.25, -0.2) is 4.98 Å². The smallest absolute Gasteiger partial charge is 0.255 e. The van der Waals surface area contributed by atoms with Crippen LogP contribution in [0.5, 0.6) is 0 Å². The van der Waals surface area contributed by atoms with Gasteiger partial charge in [0.2, 0.25) is 0 Å². The Hall–Kier alpha value is -4.03. The lowest BCUT2D eigenvalue weighted by Crippen LogP contribution is -2.46. The predicted octanol–water partition coefficient (Wildman–Crippen LogP) is 5.03. The van der Waals surface area contributed by atoms with E-state index in [9.17, 15) is 4.79 Å². The van der Waals surface area contributed by atoms with Crippen molar-refractivity contribution in [3.05, 3.63) is 108 Å². The summed E-state index contributed by atoms with van der Waals surface area (Å²) >= 11 is 0. The van der Waals surface area contributed by atoms with Crippen LogP contribution in [0.4, 0.5) is 11.5 Å². The van der Waals surface area contributed by atoms with Crippen molar-refractivity contribution in [3.8, 4) is 11.1 Å². The van der Waals surface area contributed by atoms with Crippen molar-refractivity contribution in [2.24, 2.45) is 0 Å². The van der Waals surface area contributed by atoms with Crippen LogP contribution in [0, 0.1) is 6.92 Å². The Balaban J connectivity index is 1.20. The van der Waals surface area contributed by atoms with Gasteiger partial charge in [-0.2, -0.15) is 0 Å². The summed E-state index contributed by atoms with van der Waals surface area (Å²) < 4.78 is 0. The van der Waals surface area contributed by atoms with Gasteiger partial charge in [0.15, 0.2) is 0 Å². The second-order valence-electron chi connectivity index (χ2n) is 8.82. The third kappa shape index (κ3) is 5.39. The number of carbonyl (C=O) groups excluding carboxylic acids is 1. The molecule has 35 heavy (non-hydrogen) atoms. The van der Waals surface area contributed by atoms with E-state index in [0.29, 0.717) is 11.3 Å². The summed E-state index contributed by atoms with van der Waals surface area (Å²) in [7, 11) is 0. The van der Waals surface area contributed by atoms with Crippen LogP contribution in [-0.2, 0) is 6.54 Å². The zero-order valence-electron chi connectivity index (χ0n) is 19.9. The van der Waals surface area contributed by atoms with Crippen LogP contribution >= 0.6 is 0 Å². The van der Waals surface area contributed by atoms with Gasteiger partial charge in [-0.1, -0.05) is 42.5 Å². The number of rotatable bonds is 6. The minimum atomic E-state index is -0.125. The molecule has 5 rings (SSSR count). The van der Waals surface area contributed by atoms with Crippen molar-refractivity contribution >= 4 is 17.4 Å². The number of nitrogens with one attached hydrogen (secondary N) is 1. The minimum absolute atomic E-state index is 0.125. The van der Waals surface area contributed by atoms with Crippen molar-refractivity contribution in [2.75, 3.05) is 36.4 Å². The summed E-state index contributed by atoms with van der Waals surface area (Å²) in [4.78, 5) is 26.5. The summed E-state index contributed by atoms with van der Waals surface area (Å²) in [6, 6.07) is 24.0. The van der Waals surface area contributed by atoms with Crippen molar-refractivity contribution in [1.29, 1.82) is 0 Å². The normalized spacial score (nSPS) is 14.0. The SMILES string of the molecule is Cc1c(C(=O)Nc2ccc(N3CCN(Cc4ccncc4)CC3)nc2)cccc1-c1ccccc1. The van der Waals surface area contributed by atoms with E-state index in [-0.39, 0.29) is 5.91 Å². The second-order valence-corrected chi connectivity index (χ2v) is 8.82. The van der Waals surface area contributed by atoms with Crippen molar-refractivity contribution in [1.82, 2.24) is 14.9 Å². The molecular weight excluding hydrogens is 434 g/mol. The van der Waals surface area contributed by atoms with Crippen LogP contribution < -0.4 is 10.2 Å². The molecule has 1 amide bonds. The molecule has 6 nitrogen and oxygen atoms in total. The topological polar surface area (TPSA) is 61.4 Å². The number of benzene rings is 2. The maximum absolute atomic E-state index is 13.0. The fourth-order valence-corrected chi connectivity index (χ4v) is 4.54. The van der Waals surface area contributed by atoms with Gasteiger partial charge in [0.1, 0.15) is 5.82 Å². The van der Waals surface area contributed by atoms with Crippen molar-refractivity contribution < 1.29 is 4.79 Å². The number of carbonyl (C=O) groups is 1. The Labute approximate surface area is 206 Å². The predicted molar refractivity (Wildman–Crippen MR) is 141 cm³/mol. The highest BCUT2D eigenvalue weighted by Crippen LogP contribution is 2.26. The molecular formula is C29H29N5O. The van der Waals surface area contributed by atoms with Gasteiger partial charge >= 0.3 is 0 Å². The van der Waals surface area contributed by atoms with E-state index in [1.807, 2.05) is 61.8 Å². The highest BCUT2D eigenvalue weighted by Gasteiger charge is 2.18. The molecule has 4 aromatic rings. The molecule has 0 atom stereocenters. The fourth-order valence-electron chi connectivity index (χ4n) is 4.54. The van der Waals surface area contributed by atoms with Crippen LogP contribution in [0.25, 0.3) is 11.1 Å². The molecule has 0 saturated carbocycles. The fraction of sp³-hybridized carbons (Fsp3) is 0.207. The highest BCUT2D eigenvalue weighted by molar-refractivity contribution is 6.06. The Morgan fingerprint density at radius 3 is 2.37 bits per heavy atom. The summed E-state index contributed by atoms with van der Waals surface area (Å²) in [5.74, 6) is 0.813. The van der Waals surface area contributed by atoms with E-state index >= 15 is 0 Å². The van der Waals surface area contributed by atoms with Crippen LogP contribution in [0.3, 0.4) is 0 Å². The van der Waals surface area contributed by atoms with Crippen LogP contribution in [0.1, 0.15) is 21.5 Å². The average molecular weight is 464 g/mol. The molecule has 0 bridgehead atoms. The van der Waals surface area contributed by atoms with Gasteiger partial charge < -0.3 is 10.2 Å². The van der Waals surface area contributed by atoms with Gasteiger partial charge in [-0.05, 0) is 59.5 Å². The molecule has 6 heteroatoms. The standard InChI is InChI=1S/C29H29N5O/c1-22-26(24-6-3-2-4-7-24)8-5-9-27(22)29(35)32-25-10-11-28(31-20-25)34-18-16-33(17-19-34)21-23-12-14-30-15-13-23/h2-15,20H,16-19,21H2,1H3,(H,32,35). The first kappa shape index (κ1) is 22.7. The summed E-state index contributed by atoms with van der Waals surface area (Å²) in [5.41, 5.74) is 5.78. The van der Waals surface area contributed by atoms with Gasteiger partial charge in [0.25, 0.3) is 5.91 Å². The molecule has 0 unspecified atom stereocenters. The van der Waals surface area contributed by atoms with Crippen LogP contribution in [-0.4, -0.2) is 47.0 Å². The van der Waals surface area contributed by atoms with Crippen molar-refractivity contribution in [2.45, 2.75) is 13.5 Å². The monoisotopic (exact) mass is 463 g/mol. The second kappa shape index (κ2) is 10.5. The molecule has 3 heterocycles. The lowest BCUT2D eigenvalue weighted by atomic mass is 9.96. The zero-order chi connectivity index (χ0) is 24.0. The van der Waals surface area contributed by atoms with E-state index in [0.717, 1.165) is 55.2 Å². The minimum Gasteiger partial charge on any atom is -0.354 e. The molecule has 0 radical (unpaired) electrons. The number of hydrogen-bond acceptors (Lipinski definition) is 5. The van der Waals surface area contributed by atoms with Gasteiger partial charge in [0, 0.05) is 50.7 Å². The van der Waals surface area contributed by atoms with Crippen LogP contribution in [0.15, 0.2) is 91.4 Å². The van der Waals surface area contributed by atoms with E-state index in [1.165, 1.54) is 5.56 Å². The summed E-state index contributed by atoms with van der Waals surface area (Å²) in [5, 5.41) is 3.01. The van der Waals surface area contributed by atoms with E-state index < -0.39 is 0 Å². The third-order valence-corrected chi connectivity index (χ3v) is 6.52. The summed E-state index contributed by atoms with van der Waals surface area (Å²) in [6.45, 7) is 6.76. The van der Waals surface area contributed by atoms with E-state index in [4.69, 9.17) is 0 Å². The Kier molecular flexibility index (Phi) is 6.82. The third-order valence-electron chi connectivity index (χ3n) is 6.52. The molecule has 1 aliphatic rings. The Morgan fingerprint density at radius 1 is 0.886 bits per heavy atom. The molecule has 176 valence electrons. The number of amides is 1. The molecule has 1 fully saturated rings.